The van der Waals surface area contributed by atoms with E-state index < -0.39 is 25.2 Å². The van der Waals surface area contributed by atoms with Gasteiger partial charge in [0.25, 0.3) is 0 Å². The fourth-order valence-electron chi connectivity index (χ4n) is 7.53. The smallest absolute Gasteiger partial charge is 0.316 e. The number of fused-ring (bicyclic) bond motifs is 2. The molecule has 6 rings (SSSR count). The number of rotatable bonds is 7. The lowest BCUT2D eigenvalue weighted by molar-refractivity contribution is -0.136. The molecule has 2 aliphatic heterocycles. The average molecular weight is 678 g/mol. The summed E-state index contributed by atoms with van der Waals surface area (Å²) in [5, 5.41) is 3.88. The summed E-state index contributed by atoms with van der Waals surface area (Å²) in [6.45, 7) is 13.9. The van der Waals surface area contributed by atoms with E-state index in [4.69, 9.17) is 0 Å². The summed E-state index contributed by atoms with van der Waals surface area (Å²) in [6, 6.07) is 17.7. The second-order valence-electron chi connectivity index (χ2n) is 13.3. The van der Waals surface area contributed by atoms with Gasteiger partial charge in [0.15, 0.2) is 0 Å². The van der Waals surface area contributed by atoms with E-state index in [1.54, 1.807) is 5.56 Å². The highest BCUT2D eigenvalue weighted by atomic mass is 79.9. The van der Waals surface area contributed by atoms with Crippen LogP contribution in [0.5, 0.6) is 0 Å². The molecule has 0 spiro atoms. The number of nitrogens with one attached hydrogen (secondary N) is 1. The van der Waals surface area contributed by atoms with Gasteiger partial charge in [-0.25, -0.2) is 0 Å². The molecule has 2 aromatic rings. The predicted octanol–water partition coefficient (Wildman–Crippen LogP) is 9.23. The molecule has 4 atom stereocenters. The Hall–Kier alpha value is -1.58. The number of aryl methyl sites for hydroxylation is 2. The fraction of sp³-hybridized carbons (Fsp3) is 0.647. The molecule has 0 bridgehead atoms. The van der Waals surface area contributed by atoms with Crippen LogP contribution in [0.25, 0.3) is 0 Å². The largest absolute Gasteiger partial charge is 0.389 e. The number of hydrogen-bond acceptors (Lipinski definition) is 2. The number of benzene rings is 2. The van der Waals surface area contributed by atoms with E-state index in [0.717, 1.165) is 24.9 Å². The number of hydrogen-bond donors (Lipinski definition) is 1. The van der Waals surface area contributed by atoms with Gasteiger partial charge in [-0.15, -0.1) is 0 Å². The summed E-state index contributed by atoms with van der Waals surface area (Å²) in [4.78, 5) is 2.21. The van der Waals surface area contributed by atoms with E-state index in [1.807, 2.05) is 0 Å². The SMILES string of the molecule is Cc1cccc(C2(C)C3CN(CCCC(F)(F)F)CC32)c1.Cc1cccc(C2(C)C3CNCC32)c1.FC(F)(F)CCCBr.[HH]. The van der Waals surface area contributed by atoms with Gasteiger partial charge in [-0.05, 0) is 81.1 Å². The maximum absolute atomic E-state index is 12.2. The molecule has 9 heteroatoms. The van der Waals surface area contributed by atoms with Gasteiger partial charge in [0.05, 0.1) is 0 Å². The first-order chi connectivity index (χ1) is 20.1. The second-order valence-corrected chi connectivity index (χ2v) is 14.1. The van der Waals surface area contributed by atoms with Crippen LogP contribution in [0.2, 0.25) is 0 Å². The van der Waals surface area contributed by atoms with Crippen molar-refractivity contribution < 1.29 is 27.8 Å². The average Bonchev–Trinajstić information content (AvgIpc) is 3.42. The van der Waals surface area contributed by atoms with Gasteiger partial charge in [-0.2, -0.15) is 26.3 Å². The molecule has 2 saturated carbocycles. The molecule has 2 heterocycles. The number of piperidine rings is 2. The zero-order valence-corrected chi connectivity index (χ0v) is 27.2. The minimum Gasteiger partial charge on any atom is -0.316 e. The monoisotopic (exact) mass is 676 g/mol. The standard InChI is InChI=1S/C17H22F3N.C13H17N.C4H6BrF3.H2/c1-12-5-3-6-13(9-12)16(2)14-10-21(11-15(14)16)8-4-7-17(18,19)20;1-9-4-3-5-10(6-9)13(2)11-7-14-8-12(11)13;5-3-1-2-4(6,7)8;/h3,5-6,9,14-15H,4,7-8,10-11H2,1-2H3;3-6,11-12,14H,7-8H2,1-2H3;1-3H2;1H. The number of halogens is 7. The highest BCUT2D eigenvalue weighted by Gasteiger charge is 2.65. The quantitative estimate of drug-likeness (QED) is 0.232. The lowest BCUT2D eigenvalue weighted by Crippen LogP contribution is -2.30. The Kier molecular flexibility index (Phi) is 10.7. The predicted molar refractivity (Wildman–Crippen MR) is 167 cm³/mol. The van der Waals surface area contributed by atoms with Crippen LogP contribution in [0.15, 0.2) is 48.5 Å². The zero-order chi connectivity index (χ0) is 31.6. The van der Waals surface area contributed by atoms with Crippen LogP contribution < -0.4 is 5.32 Å². The lowest BCUT2D eigenvalue weighted by Gasteiger charge is -2.24. The summed E-state index contributed by atoms with van der Waals surface area (Å²) in [5.74, 6) is 3.02. The third-order valence-electron chi connectivity index (χ3n) is 10.3. The van der Waals surface area contributed by atoms with Gasteiger partial charge in [0, 0.05) is 43.5 Å². The minimum absolute atomic E-state index is 0. The maximum atomic E-state index is 12.2. The van der Waals surface area contributed by atoms with Gasteiger partial charge in [-0.3, -0.25) is 0 Å². The molecule has 4 unspecified atom stereocenters. The highest BCUT2D eigenvalue weighted by molar-refractivity contribution is 9.09. The normalized spacial score (nSPS) is 30.9. The first-order valence-electron chi connectivity index (χ1n) is 15.4. The van der Waals surface area contributed by atoms with Gasteiger partial charge >= 0.3 is 12.4 Å². The van der Waals surface area contributed by atoms with Crippen LogP contribution in [0.3, 0.4) is 0 Å². The van der Waals surface area contributed by atoms with E-state index in [2.05, 4.69) is 102 Å². The molecular weight excluding hydrogens is 630 g/mol. The Labute approximate surface area is 262 Å². The van der Waals surface area contributed by atoms with Crippen LogP contribution in [0.1, 0.15) is 63.2 Å². The van der Waals surface area contributed by atoms with Gasteiger partial charge in [0.2, 0.25) is 0 Å². The van der Waals surface area contributed by atoms with E-state index in [-0.39, 0.29) is 19.7 Å². The van der Waals surface area contributed by atoms with Crippen molar-refractivity contribution in [2.75, 3.05) is 38.1 Å². The topological polar surface area (TPSA) is 15.3 Å². The Morgan fingerprint density at radius 3 is 1.60 bits per heavy atom. The van der Waals surface area contributed by atoms with E-state index in [1.165, 1.54) is 29.8 Å². The Morgan fingerprint density at radius 1 is 0.767 bits per heavy atom. The zero-order valence-electron chi connectivity index (χ0n) is 25.6. The first kappa shape index (κ1) is 34.3. The fourth-order valence-corrected chi connectivity index (χ4v) is 7.81. The van der Waals surface area contributed by atoms with Crippen molar-refractivity contribution >= 4 is 15.9 Å². The molecule has 4 aliphatic rings. The molecular formula is C34H47BrF6N2. The van der Waals surface area contributed by atoms with Crippen LogP contribution in [-0.2, 0) is 10.8 Å². The molecule has 242 valence electrons. The number of alkyl halides is 7. The van der Waals surface area contributed by atoms with E-state index in [0.29, 0.717) is 29.1 Å². The molecule has 0 aromatic heterocycles. The molecule has 4 fully saturated rings. The van der Waals surface area contributed by atoms with Crippen LogP contribution >= 0.6 is 15.9 Å². The molecule has 0 amide bonds. The van der Waals surface area contributed by atoms with Crippen molar-refractivity contribution in [1.82, 2.24) is 10.2 Å². The van der Waals surface area contributed by atoms with Crippen molar-refractivity contribution in [1.29, 1.82) is 0 Å². The van der Waals surface area contributed by atoms with Crippen molar-refractivity contribution in [2.24, 2.45) is 23.7 Å². The Morgan fingerprint density at radius 2 is 1.21 bits per heavy atom. The van der Waals surface area contributed by atoms with Gasteiger partial charge in [0.1, 0.15) is 0 Å². The highest BCUT2D eigenvalue weighted by Crippen LogP contribution is 2.63. The molecule has 2 aromatic carbocycles. The number of likely N-dealkylation sites (tertiary alicyclic amines) is 1. The number of nitrogens with zero attached hydrogens (tertiary/aromatic N) is 1. The summed E-state index contributed by atoms with van der Waals surface area (Å²) < 4.78 is 70.2. The molecule has 1 N–H and O–H groups in total. The lowest BCUT2D eigenvalue weighted by atomic mass is 9.91. The third kappa shape index (κ3) is 8.37. The van der Waals surface area contributed by atoms with Crippen LogP contribution in [-0.4, -0.2) is 55.3 Å². The molecule has 2 saturated heterocycles. The Bertz CT molecular complexity index is 1200. The summed E-state index contributed by atoms with van der Waals surface area (Å²) in [5.41, 5.74) is 6.34. The summed E-state index contributed by atoms with van der Waals surface area (Å²) in [6.07, 6.45) is -8.94. The minimum atomic E-state index is -4.02. The van der Waals surface area contributed by atoms with Gasteiger partial charge < -0.3 is 10.2 Å². The molecule has 2 nitrogen and oxygen atoms in total. The van der Waals surface area contributed by atoms with Crippen molar-refractivity contribution in [2.45, 2.75) is 76.6 Å². The molecule has 2 aliphatic carbocycles. The van der Waals surface area contributed by atoms with Crippen molar-refractivity contribution in [3.8, 4) is 0 Å². The first-order valence-corrected chi connectivity index (χ1v) is 16.5. The van der Waals surface area contributed by atoms with Crippen molar-refractivity contribution in [3.63, 3.8) is 0 Å². The third-order valence-corrected chi connectivity index (χ3v) is 10.8. The molecule has 0 radical (unpaired) electrons. The van der Waals surface area contributed by atoms with Crippen molar-refractivity contribution in [3.05, 3.63) is 70.8 Å². The summed E-state index contributed by atoms with van der Waals surface area (Å²) >= 11 is 2.90. The van der Waals surface area contributed by atoms with Crippen LogP contribution in [0, 0.1) is 37.5 Å². The van der Waals surface area contributed by atoms with E-state index >= 15 is 0 Å². The van der Waals surface area contributed by atoms with Gasteiger partial charge in [-0.1, -0.05) is 89.4 Å². The van der Waals surface area contributed by atoms with Crippen LogP contribution in [0.4, 0.5) is 26.3 Å². The molecule has 43 heavy (non-hydrogen) atoms. The van der Waals surface area contributed by atoms with E-state index in [9.17, 15) is 26.3 Å². The second kappa shape index (κ2) is 13.4. The summed E-state index contributed by atoms with van der Waals surface area (Å²) in [7, 11) is 0. The Balaban J connectivity index is 0.000000199. The maximum Gasteiger partial charge on any atom is 0.389 e.